The zero-order valence-electron chi connectivity index (χ0n) is 8.58. The van der Waals surface area contributed by atoms with Gasteiger partial charge < -0.3 is 10.2 Å². The van der Waals surface area contributed by atoms with E-state index in [9.17, 15) is 4.79 Å². The summed E-state index contributed by atoms with van der Waals surface area (Å²) in [7, 11) is 0. The molecule has 5 nitrogen and oxygen atoms in total. The van der Waals surface area contributed by atoms with Crippen molar-refractivity contribution >= 4 is 28.3 Å². The molecule has 6 heteroatoms. The summed E-state index contributed by atoms with van der Waals surface area (Å²) < 4.78 is 5.21. The quantitative estimate of drug-likeness (QED) is 0.749. The molecule has 0 fully saturated rings. The molecule has 3 rings (SSSR count). The third-order valence-electron chi connectivity index (χ3n) is 2.33. The number of fused-ring (bicyclic) bond motifs is 1. The molecule has 3 aromatic rings. The number of carbonyl (C=O) groups excluding carboxylic acids is 1. The first-order valence-electron chi connectivity index (χ1n) is 4.83. The van der Waals surface area contributed by atoms with Gasteiger partial charge in [-0.2, -0.15) is 0 Å². The predicted molar refractivity (Wildman–Crippen MR) is 63.6 cm³/mol. The Morgan fingerprint density at radius 2 is 2.29 bits per heavy atom. The van der Waals surface area contributed by atoms with Crippen LogP contribution in [0.2, 0.25) is 0 Å². The summed E-state index contributed by atoms with van der Waals surface area (Å²) >= 11 is 1.37. The van der Waals surface area contributed by atoms with Crippen molar-refractivity contribution in [3.8, 4) is 10.6 Å². The molecule has 0 bridgehead atoms. The highest BCUT2D eigenvalue weighted by atomic mass is 32.1. The van der Waals surface area contributed by atoms with Crippen LogP contribution in [0.4, 0.5) is 0 Å². The van der Waals surface area contributed by atoms with E-state index in [0.29, 0.717) is 5.58 Å². The third-order valence-corrected chi connectivity index (χ3v) is 3.23. The van der Waals surface area contributed by atoms with Crippen LogP contribution in [0.1, 0.15) is 10.5 Å². The maximum absolute atomic E-state index is 11.0. The number of hydrogen-bond acceptors (Lipinski definition) is 5. The van der Waals surface area contributed by atoms with E-state index in [-0.39, 0.29) is 5.69 Å². The molecule has 2 N–H and O–H groups in total. The minimum atomic E-state index is -0.520. The molecular formula is C11H7N3O2S. The Labute approximate surface area is 99.9 Å². The average molecular weight is 245 g/mol. The molecule has 2 aromatic heterocycles. The van der Waals surface area contributed by atoms with Crippen molar-refractivity contribution in [2.75, 3.05) is 0 Å². The highest BCUT2D eigenvalue weighted by Gasteiger charge is 2.09. The Morgan fingerprint density at radius 1 is 1.41 bits per heavy atom. The lowest BCUT2D eigenvalue weighted by atomic mass is 10.2. The first-order valence-corrected chi connectivity index (χ1v) is 5.71. The number of hydrogen-bond donors (Lipinski definition) is 1. The smallest absolute Gasteiger partial charge is 0.268 e. The number of carbonyl (C=O) groups is 1. The monoisotopic (exact) mass is 245 g/mol. The zero-order chi connectivity index (χ0) is 11.8. The molecule has 0 aliphatic heterocycles. The predicted octanol–water partition coefficient (Wildman–Crippen LogP) is 2.05. The van der Waals surface area contributed by atoms with Crippen molar-refractivity contribution < 1.29 is 9.21 Å². The van der Waals surface area contributed by atoms with E-state index in [1.54, 1.807) is 5.38 Å². The first-order chi connectivity index (χ1) is 8.24. The SMILES string of the molecule is NC(=O)c1csc(-c2ccc3ncoc3c2)n1. The van der Waals surface area contributed by atoms with E-state index in [1.165, 1.54) is 17.7 Å². The summed E-state index contributed by atoms with van der Waals surface area (Å²) in [6, 6.07) is 5.57. The number of amides is 1. The number of thiazole rings is 1. The van der Waals surface area contributed by atoms with Gasteiger partial charge in [0, 0.05) is 10.9 Å². The second kappa shape index (κ2) is 3.67. The van der Waals surface area contributed by atoms with Gasteiger partial charge in [-0.15, -0.1) is 11.3 Å². The molecule has 1 aromatic carbocycles. The van der Waals surface area contributed by atoms with Crippen LogP contribution in [-0.2, 0) is 0 Å². The van der Waals surface area contributed by atoms with Gasteiger partial charge in [-0.25, -0.2) is 9.97 Å². The van der Waals surface area contributed by atoms with Crippen LogP contribution in [0, 0.1) is 0 Å². The second-order valence-corrected chi connectivity index (χ2v) is 4.30. The van der Waals surface area contributed by atoms with Gasteiger partial charge >= 0.3 is 0 Å². The lowest BCUT2D eigenvalue weighted by molar-refractivity contribution is 0.0996. The number of nitrogens with zero attached hydrogens (tertiary/aromatic N) is 2. The Morgan fingerprint density at radius 3 is 3.06 bits per heavy atom. The van der Waals surface area contributed by atoms with Crippen molar-refractivity contribution in [1.29, 1.82) is 0 Å². The van der Waals surface area contributed by atoms with Crippen molar-refractivity contribution in [3.63, 3.8) is 0 Å². The molecule has 0 radical (unpaired) electrons. The summed E-state index contributed by atoms with van der Waals surface area (Å²) in [5, 5.41) is 2.37. The van der Waals surface area contributed by atoms with E-state index in [4.69, 9.17) is 10.2 Å². The molecule has 0 saturated heterocycles. The van der Waals surface area contributed by atoms with Crippen molar-refractivity contribution in [3.05, 3.63) is 35.7 Å². The Kier molecular flexibility index (Phi) is 2.15. The summed E-state index contributed by atoms with van der Waals surface area (Å²) in [5.74, 6) is -0.520. The number of nitrogens with two attached hydrogens (primary N) is 1. The zero-order valence-corrected chi connectivity index (χ0v) is 9.40. The molecule has 0 aliphatic carbocycles. The van der Waals surface area contributed by atoms with Crippen LogP contribution in [0.15, 0.2) is 34.4 Å². The normalized spacial score (nSPS) is 10.8. The number of oxazole rings is 1. The van der Waals surface area contributed by atoms with Crippen LogP contribution in [-0.4, -0.2) is 15.9 Å². The van der Waals surface area contributed by atoms with Crippen LogP contribution in [0.5, 0.6) is 0 Å². The van der Waals surface area contributed by atoms with Crippen molar-refractivity contribution in [2.24, 2.45) is 5.73 Å². The molecule has 0 aliphatic rings. The second-order valence-electron chi connectivity index (χ2n) is 3.44. The van der Waals surface area contributed by atoms with E-state index >= 15 is 0 Å². The molecule has 0 atom stereocenters. The highest BCUT2D eigenvalue weighted by molar-refractivity contribution is 7.13. The topological polar surface area (TPSA) is 82.0 Å². The van der Waals surface area contributed by atoms with E-state index in [0.717, 1.165) is 16.1 Å². The largest absolute Gasteiger partial charge is 0.443 e. The third kappa shape index (κ3) is 1.68. The van der Waals surface area contributed by atoms with E-state index in [1.807, 2.05) is 18.2 Å². The summed E-state index contributed by atoms with van der Waals surface area (Å²) in [5.41, 5.74) is 7.80. The maximum Gasteiger partial charge on any atom is 0.268 e. The lowest BCUT2D eigenvalue weighted by Gasteiger charge is -1.94. The summed E-state index contributed by atoms with van der Waals surface area (Å²) in [4.78, 5) is 19.1. The molecule has 0 unspecified atom stereocenters. The van der Waals surface area contributed by atoms with Gasteiger partial charge in [0.2, 0.25) is 0 Å². The minimum Gasteiger partial charge on any atom is -0.443 e. The molecule has 0 spiro atoms. The molecule has 0 saturated carbocycles. The first kappa shape index (κ1) is 9.98. The minimum absolute atomic E-state index is 0.280. The van der Waals surface area contributed by atoms with E-state index < -0.39 is 5.91 Å². The fourth-order valence-corrected chi connectivity index (χ4v) is 2.31. The van der Waals surface area contributed by atoms with Crippen LogP contribution < -0.4 is 5.73 Å². The van der Waals surface area contributed by atoms with Gasteiger partial charge in [0.1, 0.15) is 16.2 Å². The van der Waals surface area contributed by atoms with Gasteiger partial charge in [0.15, 0.2) is 12.0 Å². The average Bonchev–Trinajstić information content (AvgIpc) is 2.97. The number of rotatable bonds is 2. The van der Waals surface area contributed by atoms with E-state index in [2.05, 4.69) is 9.97 Å². The number of aromatic nitrogens is 2. The standard InChI is InChI=1S/C11H7N3O2S/c12-10(15)8-4-17-11(14-8)6-1-2-7-9(3-6)16-5-13-7/h1-5H,(H2,12,15). The Bertz CT molecular complexity index is 701. The summed E-state index contributed by atoms with van der Waals surface area (Å²) in [6.07, 6.45) is 1.39. The molecule has 2 heterocycles. The summed E-state index contributed by atoms with van der Waals surface area (Å²) in [6.45, 7) is 0. The molecule has 1 amide bonds. The van der Waals surface area contributed by atoms with Gasteiger partial charge in [-0.05, 0) is 18.2 Å². The van der Waals surface area contributed by atoms with Crippen molar-refractivity contribution in [1.82, 2.24) is 9.97 Å². The van der Waals surface area contributed by atoms with Gasteiger partial charge in [0.25, 0.3) is 5.91 Å². The molecule has 84 valence electrons. The Balaban J connectivity index is 2.09. The highest BCUT2D eigenvalue weighted by Crippen LogP contribution is 2.26. The number of benzene rings is 1. The molecule has 17 heavy (non-hydrogen) atoms. The fraction of sp³-hybridized carbons (Fsp3) is 0. The molecular weight excluding hydrogens is 238 g/mol. The van der Waals surface area contributed by atoms with Crippen LogP contribution in [0.3, 0.4) is 0 Å². The lowest BCUT2D eigenvalue weighted by Crippen LogP contribution is -2.10. The van der Waals surface area contributed by atoms with Crippen molar-refractivity contribution in [2.45, 2.75) is 0 Å². The Hall–Kier alpha value is -2.21. The van der Waals surface area contributed by atoms with Gasteiger partial charge in [-0.1, -0.05) is 0 Å². The van der Waals surface area contributed by atoms with Gasteiger partial charge in [0.05, 0.1) is 0 Å². The number of primary amides is 1. The van der Waals surface area contributed by atoms with Gasteiger partial charge in [-0.3, -0.25) is 4.79 Å². The maximum atomic E-state index is 11.0. The fourth-order valence-electron chi connectivity index (χ4n) is 1.51. The van der Waals surface area contributed by atoms with Crippen LogP contribution >= 0.6 is 11.3 Å². The van der Waals surface area contributed by atoms with Crippen LogP contribution in [0.25, 0.3) is 21.7 Å².